The van der Waals surface area contributed by atoms with Crippen LogP contribution in [0.3, 0.4) is 0 Å². The molecular weight excluding hydrogens is 378 g/mol. The third-order valence-electron chi connectivity index (χ3n) is 5.55. The molecule has 0 saturated carbocycles. The normalized spacial score (nSPS) is 16.8. The largest absolute Gasteiger partial charge is 0.489 e. The second-order valence-electron chi connectivity index (χ2n) is 7.80. The molecule has 2 N–H and O–H groups in total. The number of nitrogens with two attached hydrogens (primary N) is 1. The Bertz CT molecular complexity index is 823. The van der Waals surface area contributed by atoms with Gasteiger partial charge in [-0.05, 0) is 49.6 Å². The molecule has 1 aliphatic heterocycles. The Morgan fingerprint density at radius 2 is 1.83 bits per heavy atom. The molecule has 2 aromatic rings. The summed E-state index contributed by atoms with van der Waals surface area (Å²) < 4.78 is 5.83. The number of piperidine rings is 1. The number of hydrogen-bond donors (Lipinski definition) is 1. The molecule has 0 unspecified atom stereocenters. The molecule has 1 saturated heterocycles. The molecule has 0 radical (unpaired) electrons. The van der Waals surface area contributed by atoms with Crippen molar-refractivity contribution in [3.63, 3.8) is 0 Å². The number of nitrogens with zero attached hydrogens (tertiary/aromatic N) is 2. The van der Waals surface area contributed by atoms with Crippen LogP contribution in [0.15, 0.2) is 54.6 Å². The molecule has 0 bridgehead atoms. The summed E-state index contributed by atoms with van der Waals surface area (Å²) in [4.78, 5) is 28.1. The second kappa shape index (κ2) is 10.8. The van der Waals surface area contributed by atoms with Gasteiger partial charge in [0.05, 0.1) is 12.5 Å². The van der Waals surface area contributed by atoms with Crippen LogP contribution in [0.2, 0.25) is 0 Å². The first-order valence-electron chi connectivity index (χ1n) is 10.6. The summed E-state index contributed by atoms with van der Waals surface area (Å²) >= 11 is 0. The smallest absolute Gasteiger partial charge is 0.237 e. The Morgan fingerprint density at radius 1 is 1.10 bits per heavy atom. The molecule has 1 aliphatic rings. The summed E-state index contributed by atoms with van der Waals surface area (Å²) in [6.45, 7) is 5.45. The topological polar surface area (TPSA) is 75.9 Å². The monoisotopic (exact) mass is 409 g/mol. The highest BCUT2D eigenvalue weighted by Crippen LogP contribution is 2.18. The van der Waals surface area contributed by atoms with E-state index in [4.69, 9.17) is 10.5 Å². The van der Waals surface area contributed by atoms with Crippen LogP contribution in [0.25, 0.3) is 0 Å². The minimum Gasteiger partial charge on any atom is -0.489 e. The van der Waals surface area contributed by atoms with Gasteiger partial charge in [0.1, 0.15) is 12.4 Å². The molecule has 2 amide bonds. The Labute approximate surface area is 178 Å². The van der Waals surface area contributed by atoms with E-state index in [2.05, 4.69) is 0 Å². The van der Waals surface area contributed by atoms with E-state index in [1.807, 2.05) is 71.3 Å². The van der Waals surface area contributed by atoms with Crippen LogP contribution in [-0.4, -0.2) is 47.8 Å². The van der Waals surface area contributed by atoms with E-state index in [9.17, 15) is 9.59 Å². The van der Waals surface area contributed by atoms with E-state index in [-0.39, 0.29) is 17.7 Å². The van der Waals surface area contributed by atoms with Crippen LogP contribution in [0.1, 0.15) is 30.9 Å². The first kappa shape index (κ1) is 21.8. The van der Waals surface area contributed by atoms with Gasteiger partial charge in [-0.3, -0.25) is 14.5 Å². The molecule has 1 heterocycles. The zero-order valence-corrected chi connectivity index (χ0v) is 17.6. The van der Waals surface area contributed by atoms with Crippen molar-refractivity contribution in [2.24, 2.45) is 11.7 Å². The molecule has 3 rings (SSSR count). The maximum Gasteiger partial charge on any atom is 0.237 e. The van der Waals surface area contributed by atoms with E-state index in [0.717, 1.165) is 36.3 Å². The Morgan fingerprint density at radius 3 is 2.50 bits per heavy atom. The van der Waals surface area contributed by atoms with E-state index in [0.29, 0.717) is 32.8 Å². The van der Waals surface area contributed by atoms with Gasteiger partial charge in [-0.2, -0.15) is 0 Å². The van der Waals surface area contributed by atoms with Gasteiger partial charge < -0.3 is 15.4 Å². The predicted molar refractivity (Wildman–Crippen MR) is 117 cm³/mol. The molecule has 30 heavy (non-hydrogen) atoms. The summed E-state index contributed by atoms with van der Waals surface area (Å²) in [5, 5.41) is 0. The number of carbonyl (C=O) groups is 2. The maximum atomic E-state index is 12.8. The summed E-state index contributed by atoms with van der Waals surface area (Å²) in [5.74, 6) is 0.467. The van der Waals surface area contributed by atoms with Crippen molar-refractivity contribution in [1.29, 1.82) is 0 Å². The third-order valence-corrected chi connectivity index (χ3v) is 5.55. The number of likely N-dealkylation sites (tertiary alicyclic amines) is 1. The molecule has 0 aromatic heterocycles. The van der Waals surface area contributed by atoms with Crippen LogP contribution < -0.4 is 10.5 Å². The van der Waals surface area contributed by atoms with Crippen molar-refractivity contribution in [2.75, 3.05) is 26.2 Å². The van der Waals surface area contributed by atoms with Crippen LogP contribution >= 0.6 is 0 Å². The van der Waals surface area contributed by atoms with E-state index < -0.39 is 0 Å². The standard InChI is InChI=1S/C24H31N3O3/c1-2-27(23(28)17-26-14-6-9-21(16-26)24(25)29)15-19-10-12-22(13-11-19)30-18-20-7-4-3-5-8-20/h3-5,7-8,10-13,21H,2,6,9,14-18H2,1H3,(H2,25,29)/t21-/m0/s1. The zero-order valence-electron chi connectivity index (χ0n) is 17.6. The second-order valence-corrected chi connectivity index (χ2v) is 7.80. The lowest BCUT2D eigenvalue weighted by atomic mass is 9.97. The number of carbonyl (C=O) groups excluding carboxylic acids is 2. The number of rotatable bonds is 9. The van der Waals surface area contributed by atoms with Crippen LogP contribution in [-0.2, 0) is 22.7 Å². The zero-order chi connectivity index (χ0) is 21.3. The van der Waals surface area contributed by atoms with Crippen LogP contribution in [0.5, 0.6) is 5.75 Å². The molecule has 1 atom stereocenters. The highest BCUT2D eigenvalue weighted by molar-refractivity contribution is 5.79. The van der Waals surface area contributed by atoms with Gasteiger partial charge >= 0.3 is 0 Å². The van der Waals surface area contributed by atoms with Crippen molar-refractivity contribution in [3.05, 3.63) is 65.7 Å². The third kappa shape index (κ3) is 6.32. The molecule has 2 aromatic carbocycles. The van der Waals surface area contributed by atoms with Crippen molar-refractivity contribution >= 4 is 11.8 Å². The first-order valence-corrected chi connectivity index (χ1v) is 10.6. The minimum atomic E-state index is -0.269. The van der Waals surface area contributed by atoms with Crippen LogP contribution in [0.4, 0.5) is 0 Å². The summed E-state index contributed by atoms with van der Waals surface area (Å²) in [7, 11) is 0. The Balaban J connectivity index is 1.50. The fourth-order valence-corrected chi connectivity index (χ4v) is 3.75. The van der Waals surface area contributed by atoms with E-state index in [1.54, 1.807) is 0 Å². The average Bonchev–Trinajstić information content (AvgIpc) is 2.77. The quantitative estimate of drug-likeness (QED) is 0.691. The lowest BCUT2D eigenvalue weighted by molar-refractivity contribution is -0.134. The number of ether oxygens (including phenoxy) is 1. The number of hydrogen-bond acceptors (Lipinski definition) is 4. The van der Waals surface area contributed by atoms with Gasteiger partial charge in [0.25, 0.3) is 0 Å². The lowest BCUT2D eigenvalue weighted by Crippen LogP contribution is -2.46. The SMILES string of the molecule is CCN(Cc1ccc(OCc2ccccc2)cc1)C(=O)CN1CCC[C@H](C(N)=O)C1. The van der Waals surface area contributed by atoms with Crippen molar-refractivity contribution in [1.82, 2.24) is 9.80 Å². The molecule has 6 nitrogen and oxygen atoms in total. The number of amides is 2. The van der Waals surface area contributed by atoms with Crippen LogP contribution in [0, 0.1) is 5.92 Å². The summed E-state index contributed by atoms with van der Waals surface area (Å²) in [5.41, 5.74) is 7.63. The highest BCUT2D eigenvalue weighted by atomic mass is 16.5. The van der Waals surface area contributed by atoms with E-state index in [1.165, 1.54) is 0 Å². The Kier molecular flexibility index (Phi) is 7.85. The number of likely N-dealkylation sites (N-methyl/N-ethyl adjacent to an activating group) is 1. The molecule has 160 valence electrons. The molecule has 0 aliphatic carbocycles. The van der Waals surface area contributed by atoms with Crippen molar-refractivity contribution in [2.45, 2.75) is 32.9 Å². The summed E-state index contributed by atoms with van der Waals surface area (Å²) in [6.07, 6.45) is 1.72. The van der Waals surface area contributed by atoms with Gasteiger partial charge in [-0.25, -0.2) is 0 Å². The Hall–Kier alpha value is -2.86. The maximum absolute atomic E-state index is 12.8. The highest BCUT2D eigenvalue weighted by Gasteiger charge is 2.26. The summed E-state index contributed by atoms with van der Waals surface area (Å²) in [6, 6.07) is 17.9. The van der Waals surface area contributed by atoms with E-state index >= 15 is 0 Å². The van der Waals surface area contributed by atoms with Crippen molar-refractivity contribution < 1.29 is 14.3 Å². The average molecular weight is 410 g/mol. The number of primary amides is 1. The van der Waals surface area contributed by atoms with Gasteiger partial charge in [0.2, 0.25) is 11.8 Å². The first-order chi connectivity index (χ1) is 14.5. The number of benzene rings is 2. The van der Waals surface area contributed by atoms with Crippen molar-refractivity contribution in [3.8, 4) is 5.75 Å². The van der Waals surface area contributed by atoms with Gasteiger partial charge in [0, 0.05) is 19.6 Å². The van der Waals surface area contributed by atoms with Gasteiger partial charge in [0.15, 0.2) is 0 Å². The fourth-order valence-electron chi connectivity index (χ4n) is 3.75. The fraction of sp³-hybridized carbons (Fsp3) is 0.417. The molecule has 6 heteroatoms. The molecule has 1 fully saturated rings. The minimum absolute atomic E-state index is 0.0759. The van der Waals surface area contributed by atoms with Gasteiger partial charge in [-0.15, -0.1) is 0 Å². The lowest BCUT2D eigenvalue weighted by Gasteiger charge is -2.32. The predicted octanol–water partition coefficient (Wildman–Crippen LogP) is 2.81. The molecular formula is C24H31N3O3. The van der Waals surface area contributed by atoms with Gasteiger partial charge in [-0.1, -0.05) is 42.5 Å². The molecule has 0 spiro atoms.